The fourth-order valence-corrected chi connectivity index (χ4v) is 1.29. The third-order valence-corrected chi connectivity index (χ3v) is 2.33. The molecule has 0 aromatic rings. The average Bonchev–Trinajstić information content (AvgIpc) is 2.35. The highest BCUT2D eigenvalue weighted by atomic mass is 16.5. The largest absolute Gasteiger partial charge is 0.465 e. The Morgan fingerprint density at radius 2 is 1.47 bits per heavy atom. The molecule has 0 bridgehead atoms. The van der Waals surface area contributed by atoms with E-state index in [0.717, 1.165) is 5.57 Å². The number of hydrogen-bond donors (Lipinski definition) is 2. The normalized spacial score (nSPS) is 11.2. The van der Waals surface area contributed by atoms with Crippen LogP contribution in [-0.2, 0) is 19.1 Å². The summed E-state index contributed by atoms with van der Waals surface area (Å²) in [6, 6.07) is 0. The molecule has 6 heteroatoms. The second kappa shape index (κ2) is 11.7. The van der Waals surface area contributed by atoms with E-state index in [9.17, 15) is 9.59 Å². The molecule has 110 valence electrons. The highest BCUT2D eigenvalue weighted by Crippen LogP contribution is 2.03. The maximum atomic E-state index is 11.0. The van der Waals surface area contributed by atoms with Crippen LogP contribution in [0.25, 0.3) is 0 Å². The van der Waals surface area contributed by atoms with E-state index in [-0.39, 0.29) is 24.8 Å². The Balaban J connectivity index is 3.60. The first-order chi connectivity index (χ1) is 9.10. The van der Waals surface area contributed by atoms with Crippen LogP contribution in [0, 0.1) is 0 Å². The van der Waals surface area contributed by atoms with Crippen LogP contribution in [-0.4, -0.2) is 38.2 Å². The van der Waals surface area contributed by atoms with Crippen LogP contribution < -0.4 is 11.5 Å². The Morgan fingerprint density at radius 3 is 2.00 bits per heavy atom. The van der Waals surface area contributed by atoms with E-state index in [2.05, 4.69) is 0 Å². The summed E-state index contributed by atoms with van der Waals surface area (Å²) in [6.07, 6.45) is 3.79. The van der Waals surface area contributed by atoms with Gasteiger partial charge in [-0.2, -0.15) is 0 Å². The van der Waals surface area contributed by atoms with E-state index in [1.54, 1.807) is 0 Å². The summed E-state index contributed by atoms with van der Waals surface area (Å²) >= 11 is 0. The Bertz CT molecular complexity index is 303. The van der Waals surface area contributed by atoms with Gasteiger partial charge in [-0.05, 0) is 13.3 Å². The van der Waals surface area contributed by atoms with Gasteiger partial charge in [-0.25, -0.2) is 0 Å². The second-order valence-corrected chi connectivity index (χ2v) is 4.11. The molecule has 0 aliphatic carbocycles. The number of rotatable bonds is 10. The molecular formula is C13H24N2O4. The number of carbonyl (C=O) groups excluding carboxylic acids is 2. The van der Waals surface area contributed by atoms with Gasteiger partial charge < -0.3 is 20.9 Å². The van der Waals surface area contributed by atoms with Gasteiger partial charge in [0.15, 0.2) is 0 Å². The molecule has 0 aromatic heterocycles. The van der Waals surface area contributed by atoms with Gasteiger partial charge in [0, 0.05) is 19.5 Å². The van der Waals surface area contributed by atoms with E-state index in [1.807, 2.05) is 13.0 Å². The van der Waals surface area contributed by atoms with Gasteiger partial charge >= 0.3 is 11.9 Å². The SMILES string of the molecule is C/C(=C/CCOC(=O)CCN)CCOC(=O)CCN. The minimum Gasteiger partial charge on any atom is -0.465 e. The van der Waals surface area contributed by atoms with Gasteiger partial charge in [-0.1, -0.05) is 11.6 Å². The number of esters is 2. The monoisotopic (exact) mass is 272 g/mol. The topological polar surface area (TPSA) is 105 Å². The van der Waals surface area contributed by atoms with E-state index >= 15 is 0 Å². The predicted molar refractivity (Wildman–Crippen MR) is 72.3 cm³/mol. The summed E-state index contributed by atoms with van der Waals surface area (Å²) in [7, 11) is 0. The summed E-state index contributed by atoms with van der Waals surface area (Å²) in [4.78, 5) is 22.0. The minimum absolute atomic E-state index is 0.250. The first kappa shape index (κ1) is 17.6. The molecule has 0 rings (SSSR count). The van der Waals surface area contributed by atoms with Crippen molar-refractivity contribution in [1.29, 1.82) is 0 Å². The molecule has 0 atom stereocenters. The predicted octanol–water partition coefficient (Wildman–Crippen LogP) is 0.497. The Hall–Kier alpha value is -1.40. The van der Waals surface area contributed by atoms with Gasteiger partial charge in [0.2, 0.25) is 0 Å². The second-order valence-electron chi connectivity index (χ2n) is 4.11. The summed E-state index contributed by atoms with van der Waals surface area (Å²) in [5.41, 5.74) is 11.5. The fourth-order valence-electron chi connectivity index (χ4n) is 1.29. The first-order valence-electron chi connectivity index (χ1n) is 6.47. The highest BCUT2D eigenvalue weighted by molar-refractivity contribution is 5.69. The average molecular weight is 272 g/mol. The Morgan fingerprint density at radius 1 is 0.947 bits per heavy atom. The Labute approximate surface area is 114 Å². The van der Waals surface area contributed by atoms with E-state index in [4.69, 9.17) is 20.9 Å². The molecule has 0 radical (unpaired) electrons. The number of ether oxygens (including phenoxy) is 2. The van der Waals surface area contributed by atoms with Crippen molar-refractivity contribution < 1.29 is 19.1 Å². The zero-order valence-corrected chi connectivity index (χ0v) is 11.5. The van der Waals surface area contributed by atoms with Crippen LogP contribution in [0.2, 0.25) is 0 Å². The summed E-state index contributed by atoms with van der Waals surface area (Å²) in [6.45, 7) is 3.26. The molecule has 6 nitrogen and oxygen atoms in total. The molecule has 0 saturated carbocycles. The molecule has 0 heterocycles. The van der Waals surface area contributed by atoms with Gasteiger partial charge in [-0.3, -0.25) is 9.59 Å². The highest BCUT2D eigenvalue weighted by Gasteiger charge is 2.01. The van der Waals surface area contributed by atoms with Gasteiger partial charge in [-0.15, -0.1) is 0 Å². The zero-order chi connectivity index (χ0) is 14.5. The summed E-state index contributed by atoms with van der Waals surface area (Å²) in [5.74, 6) is -0.546. The smallest absolute Gasteiger partial charge is 0.307 e. The molecule has 0 amide bonds. The van der Waals surface area contributed by atoms with Crippen molar-refractivity contribution in [3.05, 3.63) is 11.6 Å². The van der Waals surface area contributed by atoms with Crippen molar-refractivity contribution in [2.75, 3.05) is 26.3 Å². The standard InChI is InChI=1S/C13H24N2O4/c1-11(6-10-19-13(17)5-8-15)3-2-9-18-12(16)4-7-14/h3H,2,4-10,14-15H2,1H3/b11-3-. The molecule has 19 heavy (non-hydrogen) atoms. The molecule has 0 aliphatic heterocycles. The first-order valence-corrected chi connectivity index (χ1v) is 6.47. The molecule has 0 saturated heterocycles. The number of hydrogen-bond acceptors (Lipinski definition) is 6. The van der Waals surface area contributed by atoms with Gasteiger partial charge in [0.05, 0.1) is 26.1 Å². The third kappa shape index (κ3) is 11.4. The van der Waals surface area contributed by atoms with Crippen LogP contribution in [0.3, 0.4) is 0 Å². The third-order valence-electron chi connectivity index (χ3n) is 2.33. The molecule has 0 fully saturated rings. The molecule has 4 N–H and O–H groups in total. The Kier molecular flexibility index (Phi) is 10.8. The molecular weight excluding hydrogens is 248 g/mol. The molecule has 0 aromatic carbocycles. The van der Waals surface area contributed by atoms with Gasteiger partial charge in [0.25, 0.3) is 0 Å². The zero-order valence-electron chi connectivity index (χ0n) is 11.5. The lowest BCUT2D eigenvalue weighted by Gasteiger charge is -2.05. The summed E-state index contributed by atoms with van der Waals surface area (Å²) < 4.78 is 9.92. The van der Waals surface area contributed by atoms with Crippen molar-refractivity contribution in [3.63, 3.8) is 0 Å². The van der Waals surface area contributed by atoms with Crippen LogP contribution in [0.5, 0.6) is 0 Å². The number of nitrogens with two attached hydrogens (primary N) is 2. The van der Waals surface area contributed by atoms with Crippen molar-refractivity contribution >= 4 is 11.9 Å². The quantitative estimate of drug-likeness (QED) is 0.341. The summed E-state index contributed by atoms with van der Waals surface area (Å²) in [5, 5.41) is 0. The van der Waals surface area contributed by atoms with Crippen LogP contribution in [0.4, 0.5) is 0 Å². The van der Waals surface area contributed by atoms with Crippen molar-refractivity contribution in [2.24, 2.45) is 11.5 Å². The lowest BCUT2D eigenvalue weighted by atomic mass is 10.2. The molecule has 0 spiro atoms. The molecule has 0 unspecified atom stereocenters. The van der Waals surface area contributed by atoms with Crippen molar-refractivity contribution in [1.82, 2.24) is 0 Å². The minimum atomic E-state index is -0.274. The van der Waals surface area contributed by atoms with Crippen molar-refractivity contribution in [2.45, 2.75) is 32.6 Å². The maximum absolute atomic E-state index is 11.0. The molecule has 0 aliphatic rings. The fraction of sp³-hybridized carbons (Fsp3) is 0.692. The van der Waals surface area contributed by atoms with Gasteiger partial charge in [0.1, 0.15) is 0 Å². The lowest BCUT2D eigenvalue weighted by Crippen LogP contribution is -2.12. The van der Waals surface area contributed by atoms with Crippen LogP contribution in [0.15, 0.2) is 11.6 Å². The maximum Gasteiger partial charge on any atom is 0.307 e. The lowest BCUT2D eigenvalue weighted by molar-refractivity contribution is -0.144. The van der Waals surface area contributed by atoms with Crippen LogP contribution in [0.1, 0.15) is 32.6 Å². The van der Waals surface area contributed by atoms with E-state index < -0.39 is 0 Å². The van der Waals surface area contributed by atoms with E-state index in [0.29, 0.717) is 39.1 Å². The van der Waals surface area contributed by atoms with Crippen LogP contribution >= 0.6 is 0 Å². The van der Waals surface area contributed by atoms with Crippen molar-refractivity contribution in [3.8, 4) is 0 Å². The number of carbonyl (C=O) groups is 2. The van der Waals surface area contributed by atoms with E-state index in [1.165, 1.54) is 0 Å².